The summed E-state index contributed by atoms with van der Waals surface area (Å²) in [5.41, 5.74) is 5.37. The van der Waals surface area contributed by atoms with E-state index < -0.39 is 0 Å². The summed E-state index contributed by atoms with van der Waals surface area (Å²) in [5.74, 6) is 2.18. The van der Waals surface area contributed by atoms with Gasteiger partial charge in [0.25, 0.3) is 0 Å². The van der Waals surface area contributed by atoms with Gasteiger partial charge in [-0.1, -0.05) is 48.5 Å². The van der Waals surface area contributed by atoms with E-state index in [2.05, 4.69) is 47.2 Å². The minimum Gasteiger partial charge on any atom is -0.439 e. The first-order chi connectivity index (χ1) is 13.7. The van der Waals surface area contributed by atoms with E-state index in [0.717, 1.165) is 22.7 Å². The van der Waals surface area contributed by atoms with E-state index in [1.54, 1.807) is 6.20 Å². The van der Waals surface area contributed by atoms with Crippen LogP contribution in [0.3, 0.4) is 0 Å². The topological polar surface area (TPSA) is 61.7 Å². The molecule has 136 valence electrons. The van der Waals surface area contributed by atoms with Crippen LogP contribution in [-0.2, 0) is 6.42 Å². The lowest BCUT2D eigenvalue weighted by molar-refractivity contribution is 0.465. The zero-order valence-corrected chi connectivity index (χ0v) is 15.5. The highest BCUT2D eigenvalue weighted by Gasteiger charge is 2.06. The van der Waals surface area contributed by atoms with Crippen LogP contribution in [0.4, 0.5) is 0 Å². The number of aryl methyl sites for hydroxylation is 1. The molecular weight excluding hydrogens is 346 g/mol. The van der Waals surface area contributed by atoms with E-state index in [0.29, 0.717) is 17.9 Å². The van der Waals surface area contributed by atoms with Crippen molar-refractivity contribution in [1.29, 1.82) is 5.26 Å². The fourth-order valence-electron chi connectivity index (χ4n) is 3.10. The van der Waals surface area contributed by atoms with Gasteiger partial charge in [-0.15, -0.1) is 0 Å². The largest absolute Gasteiger partial charge is 0.439 e. The van der Waals surface area contributed by atoms with Crippen molar-refractivity contribution in [2.75, 3.05) is 0 Å². The first-order valence-electron chi connectivity index (χ1n) is 9.08. The quantitative estimate of drug-likeness (QED) is 0.498. The predicted octanol–water partition coefficient (Wildman–Crippen LogP) is 5.64. The van der Waals surface area contributed by atoms with Crippen molar-refractivity contribution in [2.24, 2.45) is 0 Å². The molecule has 0 aliphatic carbocycles. The van der Waals surface area contributed by atoms with Gasteiger partial charge >= 0.3 is 0 Å². The average Bonchev–Trinajstić information content (AvgIpc) is 3.16. The Bertz CT molecular complexity index is 1120. The van der Waals surface area contributed by atoms with Crippen LogP contribution in [0.25, 0.3) is 11.1 Å². The molecule has 1 N–H and O–H groups in total. The van der Waals surface area contributed by atoms with E-state index in [1.807, 2.05) is 48.5 Å². The molecule has 4 aromatic rings. The molecule has 0 saturated heterocycles. The summed E-state index contributed by atoms with van der Waals surface area (Å²) in [6.07, 6.45) is 2.34. The maximum Gasteiger partial charge on any atom is 0.217 e. The van der Waals surface area contributed by atoms with Crippen LogP contribution in [-0.4, -0.2) is 9.97 Å². The van der Waals surface area contributed by atoms with E-state index >= 15 is 0 Å². The molecule has 0 unspecified atom stereocenters. The van der Waals surface area contributed by atoms with Crippen LogP contribution < -0.4 is 4.74 Å². The molecule has 1 aromatic heterocycles. The first kappa shape index (κ1) is 17.6. The lowest BCUT2D eigenvalue weighted by Gasteiger charge is -2.07. The molecule has 4 rings (SSSR count). The molecular formula is C24H19N3O. The highest BCUT2D eigenvalue weighted by molar-refractivity contribution is 5.67. The third-order valence-corrected chi connectivity index (χ3v) is 4.60. The molecule has 3 aromatic carbocycles. The Morgan fingerprint density at radius 3 is 2.43 bits per heavy atom. The fourth-order valence-corrected chi connectivity index (χ4v) is 3.10. The highest BCUT2D eigenvalue weighted by atomic mass is 16.5. The van der Waals surface area contributed by atoms with Crippen molar-refractivity contribution < 1.29 is 4.74 Å². The number of nitriles is 1. The van der Waals surface area contributed by atoms with Gasteiger partial charge in [0, 0.05) is 6.42 Å². The number of rotatable bonds is 5. The molecule has 0 aliphatic rings. The van der Waals surface area contributed by atoms with Gasteiger partial charge in [0.15, 0.2) is 0 Å². The van der Waals surface area contributed by atoms with Crippen molar-refractivity contribution in [2.45, 2.75) is 13.3 Å². The van der Waals surface area contributed by atoms with Gasteiger partial charge < -0.3 is 9.72 Å². The maximum absolute atomic E-state index is 8.87. The lowest BCUT2D eigenvalue weighted by atomic mass is 10.0. The lowest BCUT2D eigenvalue weighted by Crippen LogP contribution is -1.91. The minimum atomic E-state index is 0.604. The molecule has 0 bridgehead atoms. The molecule has 4 nitrogen and oxygen atoms in total. The number of nitrogens with zero attached hydrogens (tertiary/aromatic N) is 2. The fraction of sp³-hybridized carbons (Fsp3) is 0.0833. The summed E-state index contributed by atoms with van der Waals surface area (Å²) >= 11 is 0. The number of aromatic amines is 1. The molecule has 0 amide bonds. The van der Waals surface area contributed by atoms with E-state index in [1.165, 1.54) is 11.1 Å². The number of H-pyrrole nitrogens is 1. The monoisotopic (exact) mass is 365 g/mol. The number of ether oxygens (including phenoxy) is 1. The van der Waals surface area contributed by atoms with Crippen molar-refractivity contribution in [3.05, 3.63) is 102 Å². The maximum atomic E-state index is 8.87. The second-order valence-electron chi connectivity index (χ2n) is 6.62. The summed E-state index contributed by atoms with van der Waals surface area (Å²) < 4.78 is 5.89. The van der Waals surface area contributed by atoms with Crippen LogP contribution >= 0.6 is 0 Å². The summed E-state index contributed by atoms with van der Waals surface area (Å²) in [4.78, 5) is 7.58. The van der Waals surface area contributed by atoms with Crippen molar-refractivity contribution in [3.8, 4) is 28.8 Å². The third kappa shape index (κ3) is 3.94. The van der Waals surface area contributed by atoms with Gasteiger partial charge in [-0.05, 0) is 53.4 Å². The number of imidazole rings is 1. The number of nitrogens with one attached hydrogen (secondary N) is 1. The Labute approximate surface area is 164 Å². The molecule has 0 fully saturated rings. The standard InChI is InChI=1S/C24H19N3O/c1-17-4-2-3-5-22(17)20-10-12-21(13-11-20)28-24-16-26-23(27-24)14-18-6-8-19(15-25)9-7-18/h2-13,16H,14H2,1H3,(H,26,27). The van der Waals surface area contributed by atoms with Gasteiger partial charge in [-0.3, -0.25) is 0 Å². The number of hydrogen-bond donors (Lipinski definition) is 1. The van der Waals surface area contributed by atoms with Gasteiger partial charge in [0.2, 0.25) is 5.88 Å². The second-order valence-corrected chi connectivity index (χ2v) is 6.62. The Kier molecular flexibility index (Phi) is 4.90. The summed E-state index contributed by atoms with van der Waals surface area (Å²) in [6, 6.07) is 26.0. The van der Waals surface area contributed by atoms with Gasteiger partial charge in [-0.2, -0.15) is 5.26 Å². The smallest absolute Gasteiger partial charge is 0.217 e. The number of hydrogen-bond acceptors (Lipinski definition) is 3. The summed E-state index contributed by atoms with van der Waals surface area (Å²) in [5, 5.41) is 8.87. The van der Waals surface area contributed by atoms with E-state index in [-0.39, 0.29) is 0 Å². The minimum absolute atomic E-state index is 0.604. The second kappa shape index (κ2) is 7.81. The van der Waals surface area contributed by atoms with Gasteiger partial charge in [-0.25, -0.2) is 4.98 Å². The Morgan fingerprint density at radius 2 is 1.71 bits per heavy atom. The van der Waals surface area contributed by atoms with E-state index in [9.17, 15) is 0 Å². The van der Waals surface area contributed by atoms with Crippen molar-refractivity contribution in [1.82, 2.24) is 9.97 Å². The number of benzene rings is 3. The Morgan fingerprint density at radius 1 is 0.964 bits per heavy atom. The third-order valence-electron chi connectivity index (χ3n) is 4.60. The molecule has 0 atom stereocenters. The first-order valence-corrected chi connectivity index (χ1v) is 9.08. The average molecular weight is 365 g/mol. The zero-order valence-electron chi connectivity index (χ0n) is 15.5. The van der Waals surface area contributed by atoms with Crippen LogP contribution in [0.2, 0.25) is 0 Å². The Balaban J connectivity index is 1.43. The van der Waals surface area contributed by atoms with Crippen molar-refractivity contribution in [3.63, 3.8) is 0 Å². The molecule has 0 aliphatic heterocycles. The van der Waals surface area contributed by atoms with Crippen LogP contribution in [0, 0.1) is 18.3 Å². The van der Waals surface area contributed by atoms with E-state index in [4.69, 9.17) is 10.00 Å². The molecule has 0 radical (unpaired) electrons. The predicted molar refractivity (Wildman–Crippen MR) is 109 cm³/mol. The van der Waals surface area contributed by atoms with Crippen LogP contribution in [0.5, 0.6) is 11.6 Å². The molecule has 0 saturated carbocycles. The summed E-state index contributed by atoms with van der Waals surface area (Å²) in [6.45, 7) is 2.11. The summed E-state index contributed by atoms with van der Waals surface area (Å²) in [7, 11) is 0. The molecule has 1 heterocycles. The van der Waals surface area contributed by atoms with Crippen LogP contribution in [0.15, 0.2) is 79.0 Å². The van der Waals surface area contributed by atoms with Crippen LogP contribution in [0.1, 0.15) is 22.5 Å². The van der Waals surface area contributed by atoms with Crippen molar-refractivity contribution >= 4 is 0 Å². The van der Waals surface area contributed by atoms with Gasteiger partial charge in [0.05, 0.1) is 17.8 Å². The molecule has 4 heteroatoms. The molecule has 0 spiro atoms. The Hall–Kier alpha value is -3.84. The van der Waals surface area contributed by atoms with Gasteiger partial charge in [0.1, 0.15) is 11.6 Å². The molecule has 28 heavy (non-hydrogen) atoms. The highest BCUT2D eigenvalue weighted by Crippen LogP contribution is 2.27. The number of aromatic nitrogens is 2. The SMILES string of the molecule is Cc1ccccc1-c1ccc(Oc2cnc(Cc3ccc(C#N)cc3)[nH]2)cc1. The normalized spacial score (nSPS) is 10.4. The zero-order chi connectivity index (χ0) is 19.3.